The highest BCUT2D eigenvalue weighted by Gasteiger charge is 2.15. The average Bonchev–Trinajstić information content (AvgIpc) is 3.09. The number of hydrogen-bond donors (Lipinski definition) is 2. The van der Waals surface area contributed by atoms with Crippen molar-refractivity contribution in [3.05, 3.63) is 58.8 Å². The predicted octanol–water partition coefficient (Wildman–Crippen LogP) is 1.72. The first-order chi connectivity index (χ1) is 11.5. The van der Waals surface area contributed by atoms with Gasteiger partial charge in [0.2, 0.25) is 11.8 Å². The normalized spacial score (nSPS) is 11.9. The van der Waals surface area contributed by atoms with Crippen molar-refractivity contribution in [2.45, 2.75) is 13.0 Å². The summed E-state index contributed by atoms with van der Waals surface area (Å²) in [5, 5.41) is 17.9. The molecule has 0 saturated heterocycles. The van der Waals surface area contributed by atoms with Crippen molar-refractivity contribution in [3.8, 4) is 5.69 Å². The molecule has 2 aromatic heterocycles. The van der Waals surface area contributed by atoms with E-state index in [2.05, 4.69) is 25.4 Å². The quantitative estimate of drug-likeness (QED) is 0.534. The molecular weight excluding hydrogens is 312 g/mol. The molecule has 0 aliphatic heterocycles. The van der Waals surface area contributed by atoms with E-state index < -0.39 is 4.92 Å². The van der Waals surface area contributed by atoms with Gasteiger partial charge in [-0.15, -0.1) is 0 Å². The monoisotopic (exact) mass is 326 g/mol. The Labute approximate surface area is 136 Å². The molecule has 24 heavy (non-hydrogen) atoms. The third-order valence-electron chi connectivity index (χ3n) is 3.39. The Bertz CT molecular complexity index is 865. The van der Waals surface area contributed by atoms with E-state index in [0.29, 0.717) is 0 Å². The second kappa shape index (κ2) is 6.28. The summed E-state index contributed by atoms with van der Waals surface area (Å²) in [7, 11) is 0. The van der Waals surface area contributed by atoms with Gasteiger partial charge in [-0.2, -0.15) is 10.1 Å². The number of anilines is 2. The van der Waals surface area contributed by atoms with Crippen LogP contribution in [0.3, 0.4) is 0 Å². The third kappa shape index (κ3) is 3.11. The van der Waals surface area contributed by atoms with Crippen LogP contribution in [0.5, 0.6) is 0 Å². The summed E-state index contributed by atoms with van der Waals surface area (Å²) in [6, 6.07) is 7.55. The van der Waals surface area contributed by atoms with Crippen LogP contribution in [0.2, 0.25) is 0 Å². The van der Waals surface area contributed by atoms with Gasteiger partial charge in [0, 0.05) is 0 Å². The van der Waals surface area contributed by atoms with Crippen molar-refractivity contribution >= 4 is 17.5 Å². The minimum absolute atomic E-state index is 0.144. The summed E-state index contributed by atoms with van der Waals surface area (Å²) in [4.78, 5) is 21.9. The lowest BCUT2D eigenvalue weighted by molar-refractivity contribution is -0.384. The first kappa shape index (κ1) is 15.3. The number of nitrogen functional groups attached to an aromatic ring is 1. The predicted molar refractivity (Wildman–Crippen MR) is 86.5 cm³/mol. The highest BCUT2D eigenvalue weighted by atomic mass is 16.6. The maximum absolute atomic E-state index is 10.7. The van der Waals surface area contributed by atoms with Crippen molar-refractivity contribution < 1.29 is 4.92 Å². The molecule has 0 aliphatic carbocycles. The van der Waals surface area contributed by atoms with Crippen LogP contribution in [0.15, 0.2) is 43.1 Å². The fourth-order valence-corrected chi connectivity index (χ4v) is 2.15. The zero-order valence-electron chi connectivity index (χ0n) is 12.7. The number of rotatable bonds is 5. The van der Waals surface area contributed by atoms with Crippen LogP contribution in [0.1, 0.15) is 18.5 Å². The van der Waals surface area contributed by atoms with Crippen LogP contribution < -0.4 is 11.1 Å². The molecule has 3 aromatic rings. The Morgan fingerprint density at radius 1 is 1.42 bits per heavy atom. The van der Waals surface area contributed by atoms with Gasteiger partial charge in [-0.25, -0.2) is 14.6 Å². The smallest absolute Gasteiger partial charge is 0.329 e. The number of benzene rings is 1. The lowest BCUT2D eigenvalue weighted by atomic mass is 10.1. The zero-order valence-corrected chi connectivity index (χ0v) is 12.7. The number of nitro groups is 1. The fraction of sp³-hybridized carbons (Fsp3) is 0.143. The van der Waals surface area contributed by atoms with E-state index in [0.717, 1.165) is 17.4 Å². The summed E-state index contributed by atoms with van der Waals surface area (Å²) in [5.41, 5.74) is 7.08. The maximum Gasteiger partial charge on any atom is 0.329 e. The van der Waals surface area contributed by atoms with Gasteiger partial charge >= 0.3 is 5.69 Å². The molecule has 1 aromatic carbocycles. The fourth-order valence-electron chi connectivity index (χ4n) is 2.15. The van der Waals surface area contributed by atoms with Gasteiger partial charge in [0.1, 0.15) is 18.9 Å². The number of aromatic nitrogens is 5. The second-order valence-corrected chi connectivity index (χ2v) is 5.02. The Hall–Kier alpha value is -3.56. The molecule has 122 valence electrons. The van der Waals surface area contributed by atoms with E-state index in [1.165, 1.54) is 6.33 Å². The Kier molecular flexibility index (Phi) is 4.01. The molecule has 0 fully saturated rings. The molecule has 10 heteroatoms. The molecule has 1 atom stereocenters. The molecule has 0 radical (unpaired) electrons. The van der Waals surface area contributed by atoms with Crippen molar-refractivity contribution in [3.63, 3.8) is 0 Å². The van der Waals surface area contributed by atoms with Crippen LogP contribution in [0.4, 0.5) is 17.5 Å². The second-order valence-electron chi connectivity index (χ2n) is 5.02. The number of hydrogen-bond acceptors (Lipinski definition) is 8. The van der Waals surface area contributed by atoms with Crippen molar-refractivity contribution in [1.82, 2.24) is 24.7 Å². The lowest BCUT2D eigenvalue weighted by Gasteiger charge is -2.15. The average molecular weight is 326 g/mol. The standard InChI is InChI=1S/C14H14N8O2/c1-9(19-14-17-6-12(22(23)24)13(15)20-14)10-3-2-4-11(5-10)21-8-16-7-18-21/h2-9H,1H3,(H3,15,17,19,20)/t9-/m1/s1. The van der Waals surface area contributed by atoms with Crippen molar-refractivity contribution in [2.75, 3.05) is 11.1 Å². The van der Waals surface area contributed by atoms with Gasteiger partial charge in [0.05, 0.1) is 16.7 Å². The van der Waals surface area contributed by atoms with E-state index in [1.807, 2.05) is 31.2 Å². The summed E-state index contributed by atoms with van der Waals surface area (Å²) in [5.74, 6) is 0.0397. The van der Waals surface area contributed by atoms with Gasteiger partial charge in [-0.1, -0.05) is 12.1 Å². The Balaban J connectivity index is 1.80. The Morgan fingerprint density at radius 3 is 2.92 bits per heavy atom. The van der Waals surface area contributed by atoms with Gasteiger partial charge in [0.15, 0.2) is 0 Å². The molecule has 10 nitrogen and oxygen atoms in total. The molecule has 0 aliphatic rings. The molecule has 0 spiro atoms. The van der Waals surface area contributed by atoms with E-state index in [1.54, 1.807) is 11.0 Å². The molecule has 3 rings (SSSR count). The minimum atomic E-state index is -0.621. The molecule has 0 bridgehead atoms. The Morgan fingerprint density at radius 2 is 2.25 bits per heavy atom. The summed E-state index contributed by atoms with van der Waals surface area (Å²) < 4.78 is 1.65. The van der Waals surface area contributed by atoms with E-state index in [-0.39, 0.29) is 23.5 Å². The molecule has 2 heterocycles. The largest absolute Gasteiger partial charge is 0.378 e. The summed E-state index contributed by atoms with van der Waals surface area (Å²) >= 11 is 0. The minimum Gasteiger partial charge on any atom is -0.378 e. The van der Waals surface area contributed by atoms with E-state index in [9.17, 15) is 10.1 Å². The van der Waals surface area contributed by atoms with Crippen LogP contribution in [0.25, 0.3) is 5.69 Å². The highest BCUT2D eigenvalue weighted by molar-refractivity contribution is 5.53. The van der Waals surface area contributed by atoms with Gasteiger partial charge < -0.3 is 11.1 Å². The highest BCUT2D eigenvalue weighted by Crippen LogP contribution is 2.22. The van der Waals surface area contributed by atoms with Gasteiger partial charge in [0.25, 0.3) is 0 Å². The van der Waals surface area contributed by atoms with Crippen molar-refractivity contribution in [1.29, 1.82) is 0 Å². The van der Waals surface area contributed by atoms with Gasteiger partial charge in [-0.05, 0) is 24.6 Å². The van der Waals surface area contributed by atoms with E-state index >= 15 is 0 Å². The third-order valence-corrected chi connectivity index (χ3v) is 3.39. The topological polar surface area (TPSA) is 138 Å². The van der Waals surface area contributed by atoms with Crippen LogP contribution in [-0.2, 0) is 0 Å². The lowest BCUT2D eigenvalue weighted by Crippen LogP contribution is -2.11. The van der Waals surface area contributed by atoms with Crippen molar-refractivity contribution in [2.24, 2.45) is 0 Å². The number of nitrogens with two attached hydrogens (primary N) is 1. The van der Waals surface area contributed by atoms with Crippen LogP contribution >= 0.6 is 0 Å². The molecule has 3 N–H and O–H groups in total. The summed E-state index contributed by atoms with van der Waals surface area (Å²) in [6.07, 6.45) is 4.16. The SMILES string of the molecule is C[C@@H](Nc1ncc([N+](=O)[O-])c(N)n1)c1cccc(-n2cncn2)c1. The van der Waals surface area contributed by atoms with Crippen LogP contribution in [0, 0.1) is 10.1 Å². The molecular formula is C14H14N8O2. The number of nitrogens with one attached hydrogen (secondary N) is 1. The number of nitrogens with zero attached hydrogens (tertiary/aromatic N) is 6. The molecule has 0 saturated carbocycles. The molecule has 0 amide bonds. The zero-order chi connectivity index (χ0) is 17.1. The van der Waals surface area contributed by atoms with Gasteiger partial charge in [-0.3, -0.25) is 10.1 Å². The first-order valence-electron chi connectivity index (χ1n) is 7.03. The first-order valence-corrected chi connectivity index (χ1v) is 7.03. The summed E-state index contributed by atoms with van der Waals surface area (Å²) in [6.45, 7) is 1.92. The van der Waals surface area contributed by atoms with Crippen LogP contribution in [-0.4, -0.2) is 29.7 Å². The van der Waals surface area contributed by atoms with E-state index in [4.69, 9.17) is 5.73 Å². The maximum atomic E-state index is 10.7. The molecule has 0 unspecified atom stereocenters.